The summed E-state index contributed by atoms with van der Waals surface area (Å²) in [4.78, 5) is 64.9. The number of amides is 2. The maximum absolute atomic E-state index is 13.3. The van der Waals surface area contributed by atoms with Gasteiger partial charge in [0.25, 0.3) is 11.8 Å². The molecule has 0 radical (unpaired) electrons. The number of fused-ring (bicyclic) bond motifs is 1. The molecule has 2 amide bonds. The molecule has 0 aliphatic carbocycles. The molecule has 2 aromatic rings. The summed E-state index contributed by atoms with van der Waals surface area (Å²) in [5.41, 5.74) is 16.8. The standard InChI is InChI=1S/C25H31N9O7S3/c1-5-11-16(26)31-24(33(6-2)17(11)27)44-8-10-7-42-20-14(19(36)34(20)15(10)21(37)38)30-18(35)13(12-9-43-23(28)29-12)32-41-25(3,4)22(39)40/h9,14,20H,5-8H2,1-4H3,(H8,26,27,28,29,30,35,37,38,39,40)/b32-13-/t14?,20-/m1/s1. The van der Waals surface area contributed by atoms with E-state index in [1.807, 2.05) is 13.8 Å². The first-order valence-corrected chi connectivity index (χ1v) is 16.1. The Hall–Kier alpha value is -4.10. The van der Waals surface area contributed by atoms with Crippen molar-refractivity contribution in [3.8, 4) is 0 Å². The number of carbonyl (C=O) groups is 4. The van der Waals surface area contributed by atoms with Crippen molar-refractivity contribution in [2.45, 2.75) is 62.8 Å². The van der Waals surface area contributed by atoms with Gasteiger partial charge in [-0.15, -0.1) is 23.1 Å². The number of β-lactam (4-membered cyclic amide) rings is 1. The van der Waals surface area contributed by atoms with Crippen LogP contribution in [0.5, 0.6) is 0 Å². The number of aliphatic carboxylic acids is 2. The highest BCUT2D eigenvalue weighted by Crippen LogP contribution is 2.41. The fourth-order valence-electron chi connectivity index (χ4n) is 4.35. The van der Waals surface area contributed by atoms with Gasteiger partial charge in [-0.3, -0.25) is 14.5 Å². The normalized spacial score (nSPS) is 18.5. The number of carboxylic acids is 2. The molecule has 1 unspecified atom stereocenters. The maximum atomic E-state index is 13.3. The number of hydrogen-bond acceptors (Lipinski definition) is 15. The average molecular weight is 666 g/mol. The first-order valence-electron chi connectivity index (χ1n) is 13.2. The molecule has 44 heavy (non-hydrogen) atoms. The fraction of sp³-hybridized carbons (Fsp3) is 0.440. The average Bonchev–Trinajstić information content (AvgIpc) is 3.39. The van der Waals surface area contributed by atoms with Gasteiger partial charge in [0.15, 0.2) is 10.8 Å². The van der Waals surface area contributed by atoms with E-state index in [2.05, 4.69) is 20.4 Å². The Bertz CT molecular complexity index is 1590. The second kappa shape index (κ2) is 12.9. The van der Waals surface area contributed by atoms with Crippen LogP contribution in [0.15, 0.2) is 27.0 Å². The Balaban J connectivity index is 1.55. The van der Waals surface area contributed by atoms with Crippen LogP contribution < -0.4 is 32.2 Å². The first kappa shape index (κ1) is 32.8. The number of nitrogens with zero attached hydrogens (tertiary/aromatic N) is 5. The van der Waals surface area contributed by atoms with Gasteiger partial charge < -0.3 is 42.4 Å². The molecular formula is C25H31N9O7S3. The second-order valence-electron chi connectivity index (χ2n) is 10.0. The number of thiazole rings is 1. The molecular weight excluding hydrogens is 635 g/mol. The molecule has 0 saturated carbocycles. The summed E-state index contributed by atoms with van der Waals surface area (Å²) >= 11 is 3.50. The molecule has 8 N–H and O–H groups in total. The molecule has 1 saturated heterocycles. The lowest BCUT2D eigenvalue weighted by Gasteiger charge is -2.50. The summed E-state index contributed by atoms with van der Waals surface area (Å²) in [6, 6.07) is -1.12. The van der Waals surface area contributed by atoms with Crippen LogP contribution in [0.2, 0.25) is 0 Å². The van der Waals surface area contributed by atoms with E-state index in [1.54, 1.807) is 4.57 Å². The molecule has 1 fully saturated rings. The predicted octanol–water partition coefficient (Wildman–Crippen LogP) is -1.07. The van der Waals surface area contributed by atoms with Crippen molar-refractivity contribution in [3.63, 3.8) is 0 Å². The second-order valence-corrected chi connectivity index (χ2v) is 13.0. The minimum atomic E-state index is -1.78. The topological polar surface area (TPSA) is 256 Å². The third-order valence-electron chi connectivity index (χ3n) is 6.79. The van der Waals surface area contributed by atoms with Crippen LogP contribution in [-0.2, 0) is 37.0 Å². The number of oxime groups is 1. The van der Waals surface area contributed by atoms with E-state index in [-0.39, 0.29) is 28.0 Å². The van der Waals surface area contributed by atoms with E-state index in [0.717, 1.165) is 21.8 Å². The number of aromatic nitrogens is 3. The zero-order valence-electron chi connectivity index (χ0n) is 24.2. The van der Waals surface area contributed by atoms with Crippen LogP contribution in [-0.4, -0.2) is 78.0 Å². The number of nitrogens with two attached hydrogens (primary N) is 3. The molecule has 16 nitrogen and oxygen atoms in total. The Morgan fingerprint density at radius 2 is 2.00 bits per heavy atom. The van der Waals surface area contributed by atoms with Crippen molar-refractivity contribution in [2.24, 2.45) is 5.16 Å². The highest BCUT2D eigenvalue weighted by Gasteiger charge is 2.53. The van der Waals surface area contributed by atoms with Gasteiger partial charge >= 0.3 is 11.1 Å². The Labute approximate surface area is 264 Å². The van der Waals surface area contributed by atoms with Crippen molar-refractivity contribution in [1.82, 2.24) is 20.2 Å². The predicted molar refractivity (Wildman–Crippen MR) is 162 cm³/mol. The summed E-state index contributed by atoms with van der Waals surface area (Å²) < 4.78 is 1.79. The van der Waals surface area contributed by atoms with Crippen LogP contribution in [0.25, 0.3) is 0 Å². The minimum absolute atomic E-state index is 0.00640. The maximum Gasteiger partial charge on any atom is 0.350 e. The van der Waals surface area contributed by atoms with Gasteiger partial charge in [0, 0.05) is 16.9 Å². The van der Waals surface area contributed by atoms with Gasteiger partial charge in [0.2, 0.25) is 17.2 Å². The summed E-state index contributed by atoms with van der Waals surface area (Å²) in [5, 5.41) is 29.1. The molecule has 4 rings (SSSR count). The number of rotatable bonds is 12. The van der Waals surface area contributed by atoms with E-state index in [4.69, 9.17) is 22.0 Å². The molecule has 236 valence electrons. The van der Waals surface area contributed by atoms with Crippen LogP contribution in [0, 0.1) is 0 Å². The largest absolute Gasteiger partial charge is 0.543 e. The van der Waals surface area contributed by atoms with Crippen molar-refractivity contribution < 1.29 is 38.8 Å². The van der Waals surface area contributed by atoms with Crippen molar-refractivity contribution in [3.05, 3.63) is 27.9 Å². The van der Waals surface area contributed by atoms with E-state index in [1.165, 1.54) is 42.8 Å². The van der Waals surface area contributed by atoms with Crippen molar-refractivity contribution in [2.75, 3.05) is 28.7 Å². The molecule has 2 aliphatic rings. The zero-order chi connectivity index (χ0) is 32.5. The van der Waals surface area contributed by atoms with Gasteiger partial charge in [0.1, 0.15) is 17.1 Å². The number of nitrogens with one attached hydrogen (secondary N) is 1. The molecule has 2 aliphatic heterocycles. The summed E-state index contributed by atoms with van der Waals surface area (Å²) in [7, 11) is 0. The number of nitrogen functional groups attached to an aromatic ring is 3. The molecule has 2 atom stereocenters. The number of hydrogen-bond donors (Lipinski definition) is 5. The third-order valence-corrected chi connectivity index (χ3v) is 9.86. The fourth-order valence-corrected chi connectivity index (χ4v) is 7.46. The lowest BCUT2D eigenvalue weighted by Crippen LogP contribution is -2.71. The highest BCUT2D eigenvalue weighted by atomic mass is 32.2. The van der Waals surface area contributed by atoms with Crippen molar-refractivity contribution in [1.29, 1.82) is 0 Å². The Kier molecular flexibility index (Phi) is 9.59. The summed E-state index contributed by atoms with van der Waals surface area (Å²) in [6.07, 6.45) is 0.598. The molecule has 0 bridgehead atoms. The van der Waals surface area contributed by atoms with E-state index >= 15 is 0 Å². The summed E-state index contributed by atoms with van der Waals surface area (Å²) in [6.45, 7) is 6.81. The minimum Gasteiger partial charge on any atom is -0.543 e. The van der Waals surface area contributed by atoms with Gasteiger partial charge in [-0.05, 0) is 44.5 Å². The highest BCUT2D eigenvalue weighted by molar-refractivity contribution is 8.01. The molecule has 2 aromatic heterocycles. The van der Waals surface area contributed by atoms with Crippen LogP contribution >= 0.6 is 34.9 Å². The molecule has 19 heteroatoms. The lowest BCUT2D eigenvalue weighted by molar-refractivity contribution is -0.720. The Morgan fingerprint density at radius 1 is 1.30 bits per heavy atom. The van der Waals surface area contributed by atoms with Gasteiger partial charge in [-0.25, -0.2) is 14.3 Å². The zero-order valence-corrected chi connectivity index (χ0v) is 26.6. The molecule has 0 aromatic carbocycles. The lowest BCUT2D eigenvalue weighted by atomic mass is 10.0. The van der Waals surface area contributed by atoms with Gasteiger partial charge in [0.05, 0.1) is 23.8 Å². The van der Waals surface area contributed by atoms with Crippen LogP contribution in [0.4, 0.5) is 16.8 Å². The van der Waals surface area contributed by atoms with Crippen LogP contribution in [0.3, 0.4) is 0 Å². The van der Waals surface area contributed by atoms with Crippen LogP contribution in [0.1, 0.15) is 39.0 Å². The SMILES string of the molecule is CCc1c(N)nc(SCC2=C(C(=O)[O-])N3C(=O)C(NC(=O)/C(=N\OC(C)(C)C(=O)O)c4csc(N)n4)[C@H]3SC2)[n+](CC)c1N. The molecule has 4 heterocycles. The van der Waals surface area contributed by atoms with E-state index in [9.17, 15) is 29.4 Å². The van der Waals surface area contributed by atoms with Gasteiger partial charge in [-0.1, -0.05) is 17.1 Å². The monoisotopic (exact) mass is 665 g/mol. The third kappa shape index (κ3) is 6.25. The number of carboxylic acid groups (broad SMARTS) is 2. The number of anilines is 3. The number of thioether (sulfide) groups is 2. The Morgan fingerprint density at radius 3 is 2.57 bits per heavy atom. The van der Waals surface area contributed by atoms with E-state index in [0.29, 0.717) is 35.3 Å². The van der Waals surface area contributed by atoms with E-state index < -0.39 is 46.5 Å². The molecule has 0 spiro atoms. The van der Waals surface area contributed by atoms with Crippen molar-refractivity contribution >= 4 is 81.1 Å². The number of carbonyl (C=O) groups excluding carboxylic acids is 3. The smallest absolute Gasteiger partial charge is 0.350 e. The van der Waals surface area contributed by atoms with Gasteiger partial charge in [-0.2, -0.15) is 0 Å². The summed E-state index contributed by atoms with van der Waals surface area (Å²) in [5.74, 6) is -3.27. The quantitative estimate of drug-likeness (QED) is 0.0452. The first-order chi connectivity index (χ1) is 20.7.